The molecule has 0 atom stereocenters. The lowest BCUT2D eigenvalue weighted by Gasteiger charge is -2.19. The van der Waals surface area contributed by atoms with Gasteiger partial charge in [-0.1, -0.05) is 21.1 Å². The number of carbonyl (C=O) groups is 1. The molecule has 94 valence electrons. The topological polar surface area (TPSA) is 55.6 Å². The minimum atomic E-state index is -0.0574. The Bertz CT molecular complexity index is 390. The Morgan fingerprint density at radius 1 is 1.71 bits per heavy atom. The van der Waals surface area contributed by atoms with Crippen molar-refractivity contribution in [3.63, 3.8) is 0 Å². The quantitative estimate of drug-likeness (QED) is 0.752. The summed E-state index contributed by atoms with van der Waals surface area (Å²) in [4.78, 5) is 14.0. The van der Waals surface area contributed by atoms with E-state index in [0.717, 1.165) is 18.2 Å². The van der Waals surface area contributed by atoms with Gasteiger partial charge in [0.2, 0.25) is 0 Å². The fraction of sp³-hybridized carbons (Fsp3) is 0.636. The molecule has 0 radical (unpaired) electrons. The second-order valence-electron chi connectivity index (χ2n) is 4.03. The van der Waals surface area contributed by atoms with Crippen molar-refractivity contribution in [3.05, 3.63) is 17.5 Å². The number of methoxy groups -OCH3 is 1. The van der Waals surface area contributed by atoms with Crippen molar-refractivity contribution >= 4 is 21.8 Å². The Morgan fingerprint density at radius 2 is 2.47 bits per heavy atom. The summed E-state index contributed by atoms with van der Waals surface area (Å²) in [5, 5.41) is 4.56. The Labute approximate surface area is 108 Å². The predicted molar refractivity (Wildman–Crippen MR) is 65.1 cm³/mol. The molecule has 17 heavy (non-hydrogen) atoms. The number of rotatable bonds is 6. The van der Waals surface area contributed by atoms with Gasteiger partial charge in [-0.05, 0) is 12.8 Å². The van der Waals surface area contributed by atoms with E-state index >= 15 is 0 Å². The summed E-state index contributed by atoms with van der Waals surface area (Å²) in [5.74, 6) is 0.517. The number of alkyl halides is 1. The van der Waals surface area contributed by atoms with Gasteiger partial charge in [0, 0.05) is 31.1 Å². The van der Waals surface area contributed by atoms with Crippen molar-refractivity contribution in [2.75, 3.05) is 19.0 Å². The first-order valence-corrected chi connectivity index (χ1v) is 6.70. The van der Waals surface area contributed by atoms with E-state index < -0.39 is 0 Å². The summed E-state index contributed by atoms with van der Waals surface area (Å²) in [7, 11) is 1.57. The molecule has 0 saturated heterocycles. The predicted octanol–water partition coefficient (Wildman–Crippen LogP) is 1.82. The third-order valence-corrected chi connectivity index (χ3v) is 2.99. The maximum absolute atomic E-state index is 12.2. The summed E-state index contributed by atoms with van der Waals surface area (Å²) in [6.45, 7) is 1.04. The molecule has 2 rings (SSSR count). The Balaban J connectivity index is 2.05. The number of halogens is 1. The third-order valence-electron chi connectivity index (χ3n) is 2.64. The highest BCUT2D eigenvalue weighted by atomic mass is 79.9. The second-order valence-corrected chi connectivity index (χ2v) is 4.82. The van der Waals surface area contributed by atoms with E-state index in [2.05, 4.69) is 21.1 Å². The summed E-state index contributed by atoms with van der Waals surface area (Å²) < 4.78 is 9.94. The van der Waals surface area contributed by atoms with Crippen molar-refractivity contribution in [1.29, 1.82) is 0 Å². The van der Waals surface area contributed by atoms with Crippen LogP contribution in [-0.2, 0) is 11.3 Å². The van der Waals surface area contributed by atoms with E-state index in [4.69, 9.17) is 9.26 Å². The van der Waals surface area contributed by atoms with Crippen LogP contribution in [0.25, 0.3) is 0 Å². The normalized spacial score (nSPS) is 14.9. The first-order chi connectivity index (χ1) is 8.26. The number of ether oxygens (including phenoxy) is 1. The number of hydrogen-bond donors (Lipinski definition) is 0. The third kappa shape index (κ3) is 3.07. The first-order valence-electron chi connectivity index (χ1n) is 5.57. The lowest BCUT2D eigenvalue weighted by atomic mass is 10.3. The van der Waals surface area contributed by atoms with E-state index in [9.17, 15) is 4.79 Å². The van der Waals surface area contributed by atoms with E-state index in [0.29, 0.717) is 30.6 Å². The van der Waals surface area contributed by atoms with Crippen LogP contribution in [0.1, 0.15) is 29.1 Å². The van der Waals surface area contributed by atoms with Crippen molar-refractivity contribution in [1.82, 2.24) is 10.1 Å². The molecule has 6 heteroatoms. The van der Waals surface area contributed by atoms with Gasteiger partial charge in [-0.15, -0.1) is 0 Å². The van der Waals surface area contributed by atoms with Crippen LogP contribution in [0.2, 0.25) is 0 Å². The van der Waals surface area contributed by atoms with Crippen LogP contribution in [0.5, 0.6) is 0 Å². The smallest absolute Gasteiger partial charge is 0.276 e. The molecule has 1 saturated carbocycles. The number of carbonyl (C=O) groups excluding carboxylic acids is 1. The molecule has 1 aromatic heterocycles. The van der Waals surface area contributed by atoms with Crippen LogP contribution >= 0.6 is 15.9 Å². The van der Waals surface area contributed by atoms with Gasteiger partial charge in [0.05, 0.1) is 0 Å². The summed E-state index contributed by atoms with van der Waals surface area (Å²) in [5.41, 5.74) is 0.366. The molecule has 0 spiro atoms. The molecule has 1 aliphatic carbocycles. The summed E-state index contributed by atoms with van der Waals surface area (Å²) >= 11 is 3.36. The molecule has 1 aromatic rings. The zero-order valence-corrected chi connectivity index (χ0v) is 11.3. The van der Waals surface area contributed by atoms with Gasteiger partial charge in [0.15, 0.2) is 11.5 Å². The molecule has 1 heterocycles. The Kier molecular flexibility index (Phi) is 4.17. The Hall–Kier alpha value is -0.880. The highest BCUT2D eigenvalue weighted by Gasteiger charge is 2.33. The molecule has 0 unspecified atom stereocenters. The Morgan fingerprint density at radius 3 is 3.06 bits per heavy atom. The fourth-order valence-electron chi connectivity index (χ4n) is 1.70. The minimum absolute atomic E-state index is 0.0574. The van der Waals surface area contributed by atoms with Crippen molar-refractivity contribution in [3.8, 4) is 0 Å². The summed E-state index contributed by atoms with van der Waals surface area (Å²) in [6.07, 6.45) is 2.17. The maximum Gasteiger partial charge on any atom is 0.276 e. The number of hydrogen-bond acceptors (Lipinski definition) is 4. The molecule has 0 bridgehead atoms. The van der Waals surface area contributed by atoms with Gasteiger partial charge in [-0.3, -0.25) is 4.79 Å². The van der Waals surface area contributed by atoms with Crippen LogP contribution in [0.4, 0.5) is 0 Å². The first kappa shape index (κ1) is 12.6. The molecule has 1 fully saturated rings. The van der Waals surface area contributed by atoms with E-state index in [1.54, 1.807) is 13.2 Å². The zero-order valence-electron chi connectivity index (χ0n) is 9.69. The monoisotopic (exact) mass is 302 g/mol. The van der Waals surface area contributed by atoms with Crippen LogP contribution in [0.15, 0.2) is 10.6 Å². The largest absolute Gasteiger partial charge is 0.377 e. The SMILES string of the molecule is COCc1cc(C(=O)N(CCBr)C2CC2)no1. The lowest BCUT2D eigenvalue weighted by Crippen LogP contribution is -2.34. The number of aromatic nitrogens is 1. The minimum Gasteiger partial charge on any atom is -0.377 e. The van der Waals surface area contributed by atoms with Crippen LogP contribution in [0.3, 0.4) is 0 Å². The molecule has 1 aliphatic rings. The van der Waals surface area contributed by atoms with Crippen LogP contribution in [-0.4, -0.2) is 41.0 Å². The molecule has 1 amide bonds. The molecule has 0 aliphatic heterocycles. The molecule has 5 nitrogen and oxygen atoms in total. The standard InChI is InChI=1S/C11H15BrN2O3/c1-16-7-9-6-10(13-17-9)11(15)14(5-4-12)8-2-3-8/h6,8H,2-5,7H2,1H3. The van der Waals surface area contributed by atoms with Gasteiger partial charge in [-0.25, -0.2) is 0 Å². The van der Waals surface area contributed by atoms with Crippen molar-refractivity contribution in [2.45, 2.75) is 25.5 Å². The average Bonchev–Trinajstić information content (AvgIpc) is 3.06. The van der Waals surface area contributed by atoms with E-state index in [1.807, 2.05) is 4.90 Å². The second kappa shape index (κ2) is 5.64. The van der Waals surface area contributed by atoms with Crippen molar-refractivity contribution < 1.29 is 14.1 Å². The highest BCUT2D eigenvalue weighted by Crippen LogP contribution is 2.28. The molecule has 0 aromatic carbocycles. The fourth-order valence-corrected chi connectivity index (χ4v) is 2.08. The van der Waals surface area contributed by atoms with Gasteiger partial charge in [-0.2, -0.15) is 0 Å². The molecule has 0 N–H and O–H groups in total. The van der Waals surface area contributed by atoms with Gasteiger partial charge >= 0.3 is 0 Å². The summed E-state index contributed by atoms with van der Waals surface area (Å²) in [6, 6.07) is 2.03. The maximum atomic E-state index is 12.2. The molecular formula is C11H15BrN2O3. The van der Waals surface area contributed by atoms with Gasteiger partial charge in [0.25, 0.3) is 5.91 Å². The molecular weight excluding hydrogens is 288 g/mol. The number of nitrogens with zero attached hydrogens (tertiary/aromatic N) is 2. The average molecular weight is 303 g/mol. The van der Waals surface area contributed by atoms with Crippen LogP contribution < -0.4 is 0 Å². The van der Waals surface area contributed by atoms with Gasteiger partial charge in [0.1, 0.15) is 6.61 Å². The highest BCUT2D eigenvalue weighted by molar-refractivity contribution is 9.09. The van der Waals surface area contributed by atoms with E-state index in [1.165, 1.54) is 0 Å². The number of amides is 1. The van der Waals surface area contributed by atoms with Crippen LogP contribution in [0, 0.1) is 0 Å². The van der Waals surface area contributed by atoms with E-state index in [-0.39, 0.29) is 5.91 Å². The van der Waals surface area contributed by atoms with Crippen molar-refractivity contribution in [2.24, 2.45) is 0 Å². The zero-order chi connectivity index (χ0) is 12.3. The lowest BCUT2D eigenvalue weighted by molar-refractivity contribution is 0.0743. The van der Waals surface area contributed by atoms with Gasteiger partial charge < -0.3 is 14.2 Å².